The van der Waals surface area contributed by atoms with Crippen molar-refractivity contribution in [1.29, 1.82) is 0 Å². The van der Waals surface area contributed by atoms with E-state index in [1.54, 1.807) is 12.1 Å². The smallest absolute Gasteiger partial charge is 0.267 e. The second kappa shape index (κ2) is 9.76. The van der Waals surface area contributed by atoms with Crippen molar-refractivity contribution in [3.05, 3.63) is 71.5 Å². The van der Waals surface area contributed by atoms with Gasteiger partial charge in [0.1, 0.15) is 17.2 Å². The first kappa shape index (κ1) is 22.4. The van der Waals surface area contributed by atoms with Crippen LogP contribution in [0.25, 0.3) is 11.4 Å². The van der Waals surface area contributed by atoms with E-state index in [0.29, 0.717) is 48.8 Å². The molecule has 33 heavy (non-hydrogen) atoms. The van der Waals surface area contributed by atoms with Gasteiger partial charge in [0.2, 0.25) is 6.41 Å². The number of likely N-dealkylation sites (tertiary alicyclic amines) is 1. The summed E-state index contributed by atoms with van der Waals surface area (Å²) < 4.78 is 5.86. The number of nitrogens with zero attached hydrogens (tertiary/aromatic N) is 3. The largest absolute Gasteiger partial charge is 0.457 e. The molecular formula is C24H25N5O4. The zero-order chi connectivity index (χ0) is 23.4. The molecule has 170 valence electrons. The van der Waals surface area contributed by atoms with Crippen LogP contribution >= 0.6 is 0 Å². The molecule has 2 amide bonds. The molecule has 1 fully saturated rings. The van der Waals surface area contributed by atoms with Gasteiger partial charge in [0.25, 0.3) is 5.91 Å². The van der Waals surface area contributed by atoms with Gasteiger partial charge in [-0.1, -0.05) is 17.7 Å². The Morgan fingerprint density at radius 1 is 1.18 bits per heavy atom. The maximum absolute atomic E-state index is 11.9. The molecule has 1 saturated heterocycles. The molecule has 4 N–H and O–H groups in total. The number of primary amides is 1. The van der Waals surface area contributed by atoms with Crippen LogP contribution in [0.3, 0.4) is 0 Å². The van der Waals surface area contributed by atoms with Crippen LogP contribution in [0.2, 0.25) is 0 Å². The third kappa shape index (κ3) is 5.51. The van der Waals surface area contributed by atoms with E-state index in [2.05, 4.69) is 15.3 Å². The highest BCUT2D eigenvalue weighted by Crippen LogP contribution is 2.26. The average Bonchev–Trinajstić information content (AvgIpc) is 3.14. The Morgan fingerprint density at radius 3 is 2.48 bits per heavy atom. The molecule has 2 atom stereocenters. The van der Waals surface area contributed by atoms with Gasteiger partial charge in [0.15, 0.2) is 5.82 Å². The Morgan fingerprint density at radius 2 is 1.85 bits per heavy atom. The molecule has 0 aliphatic carbocycles. The second-order valence-electron chi connectivity index (χ2n) is 7.99. The Balaban J connectivity index is 1.56. The van der Waals surface area contributed by atoms with Crippen molar-refractivity contribution in [1.82, 2.24) is 20.2 Å². The van der Waals surface area contributed by atoms with Gasteiger partial charge in [0, 0.05) is 25.1 Å². The van der Waals surface area contributed by atoms with E-state index in [0.717, 1.165) is 11.3 Å². The molecule has 3 aromatic rings. The summed E-state index contributed by atoms with van der Waals surface area (Å²) in [4.78, 5) is 33.5. The zero-order valence-electron chi connectivity index (χ0n) is 18.1. The monoisotopic (exact) mass is 447 g/mol. The van der Waals surface area contributed by atoms with Gasteiger partial charge < -0.3 is 20.9 Å². The number of benzene rings is 2. The topological polar surface area (TPSA) is 131 Å². The Hall–Kier alpha value is -3.82. The highest BCUT2D eigenvalue weighted by Gasteiger charge is 2.31. The number of carbonyl (C=O) groups is 2. The number of aliphatic hydroxyl groups is 1. The molecule has 0 spiro atoms. The first-order chi connectivity index (χ1) is 15.9. The summed E-state index contributed by atoms with van der Waals surface area (Å²) in [5.41, 5.74) is 7.99. The van der Waals surface area contributed by atoms with Crippen molar-refractivity contribution >= 4 is 12.3 Å². The third-order valence-electron chi connectivity index (χ3n) is 5.41. The predicted molar refractivity (Wildman–Crippen MR) is 121 cm³/mol. The molecule has 0 saturated carbocycles. The second-order valence-corrected chi connectivity index (χ2v) is 7.99. The summed E-state index contributed by atoms with van der Waals surface area (Å²) in [6.45, 7) is 2.70. The minimum atomic E-state index is -0.664. The number of amides is 2. The van der Waals surface area contributed by atoms with Crippen molar-refractivity contribution in [2.24, 2.45) is 5.73 Å². The highest BCUT2D eigenvalue weighted by atomic mass is 16.5. The minimum absolute atomic E-state index is 0.0922. The van der Waals surface area contributed by atoms with E-state index in [1.807, 2.05) is 48.2 Å². The van der Waals surface area contributed by atoms with Crippen LogP contribution in [0.5, 0.6) is 11.5 Å². The Kier molecular flexibility index (Phi) is 6.62. The molecule has 0 radical (unpaired) electrons. The summed E-state index contributed by atoms with van der Waals surface area (Å²) in [6, 6.07) is 16.5. The van der Waals surface area contributed by atoms with Crippen LogP contribution in [0.4, 0.5) is 0 Å². The molecule has 4 rings (SSSR count). The van der Waals surface area contributed by atoms with Crippen molar-refractivity contribution < 1.29 is 19.4 Å². The number of aromatic nitrogens is 2. The normalized spacial score (nSPS) is 18.1. The third-order valence-corrected chi connectivity index (χ3v) is 5.41. The molecular weight excluding hydrogens is 422 g/mol. The van der Waals surface area contributed by atoms with Crippen LogP contribution in [0.15, 0.2) is 54.6 Å². The summed E-state index contributed by atoms with van der Waals surface area (Å²) in [5.74, 6) is 1.07. The number of aryl methyl sites for hydroxylation is 1. The first-order valence-corrected chi connectivity index (χ1v) is 10.6. The number of aliphatic hydroxyl groups excluding tert-OH is 1. The number of nitrogens with two attached hydrogens (primary N) is 1. The fraction of sp³-hybridized carbons (Fsp3) is 0.250. The van der Waals surface area contributed by atoms with Crippen LogP contribution in [0, 0.1) is 6.92 Å². The van der Waals surface area contributed by atoms with Gasteiger partial charge in [-0.2, -0.15) is 0 Å². The van der Waals surface area contributed by atoms with E-state index in [4.69, 9.17) is 10.5 Å². The molecule has 2 heterocycles. The zero-order valence-corrected chi connectivity index (χ0v) is 18.1. The number of nitrogens with one attached hydrogen (secondary N) is 1. The van der Waals surface area contributed by atoms with E-state index < -0.39 is 12.0 Å². The van der Waals surface area contributed by atoms with Crippen LogP contribution in [0.1, 0.15) is 28.2 Å². The van der Waals surface area contributed by atoms with Gasteiger partial charge in [0.05, 0.1) is 18.0 Å². The molecule has 0 bridgehead atoms. The van der Waals surface area contributed by atoms with Gasteiger partial charge in [-0.15, -0.1) is 0 Å². The predicted octanol–water partition coefficient (Wildman–Crippen LogP) is 1.98. The molecule has 0 unspecified atom stereocenters. The molecule has 1 aliphatic rings. The Labute approximate surface area is 191 Å². The van der Waals surface area contributed by atoms with Gasteiger partial charge in [-0.25, -0.2) is 9.97 Å². The molecule has 1 aliphatic heterocycles. The van der Waals surface area contributed by atoms with Crippen molar-refractivity contribution in [3.63, 3.8) is 0 Å². The van der Waals surface area contributed by atoms with Crippen molar-refractivity contribution in [2.45, 2.75) is 32.2 Å². The van der Waals surface area contributed by atoms with Crippen LogP contribution in [-0.2, 0) is 11.3 Å². The van der Waals surface area contributed by atoms with Crippen molar-refractivity contribution in [2.75, 3.05) is 6.54 Å². The van der Waals surface area contributed by atoms with E-state index in [-0.39, 0.29) is 11.9 Å². The van der Waals surface area contributed by atoms with Crippen LogP contribution < -0.4 is 15.8 Å². The lowest BCUT2D eigenvalue weighted by molar-refractivity contribution is -0.111. The summed E-state index contributed by atoms with van der Waals surface area (Å²) >= 11 is 0. The number of hydrogen-bond acceptors (Lipinski definition) is 7. The van der Waals surface area contributed by atoms with E-state index in [9.17, 15) is 14.7 Å². The molecule has 2 aromatic carbocycles. The van der Waals surface area contributed by atoms with Crippen molar-refractivity contribution in [3.8, 4) is 22.9 Å². The molecule has 9 heteroatoms. The highest BCUT2D eigenvalue weighted by molar-refractivity contribution is 5.91. The lowest BCUT2D eigenvalue weighted by Crippen LogP contribution is -2.40. The quantitative estimate of drug-likeness (QED) is 0.450. The number of β-amino-alcohol motifs (C(OH)–C–C–N with tert-alkyl or cyclic N) is 1. The summed E-state index contributed by atoms with van der Waals surface area (Å²) in [6.07, 6.45) is 0.157. The standard InChI is InChI=1S/C24H25N5O4/c1-15-2-6-19(7-3-15)33-20-8-4-16(5-9-20)24-27-17(10-21(28-24)23(25)32)12-29-13-18(31)11-22(29)26-14-30/h2-10,14,18,22,31H,11-13H2,1H3,(H2,25,32)(H,26,30)/t18-,22+/m1/s1. The minimum Gasteiger partial charge on any atom is -0.457 e. The Bertz CT molecular complexity index is 1130. The summed E-state index contributed by atoms with van der Waals surface area (Å²) in [5, 5.41) is 12.7. The number of ether oxygens (including phenoxy) is 1. The average molecular weight is 447 g/mol. The maximum atomic E-state index is 11.9. The fourth-order valence-corrected chi connectivity index (χ4v) is 3.76. The SMILES string of the molecule is Cc1ccc(Oc2ccc(-c3nc(CN4C[C@H](O)C[C@H]4NC=O)cc(C(N)=O)n3)cc2)cc1. The van der Waals surface area contributed by atoms with Gasteiger partial charge in [-0.05, 0) is 49.4 Å². The maximum Gasteiger partial charge on any atom is 0.267 e. The van der Waals surface area contributed by atoms with Gasteiger partial charge in [-0.3, -0.25) is 14.5 Å². The van der Waals surface area contributed by atoms with E-state index in [1.165, 1.54) is 6.07 Å². The van der Waals surface area contributed by atoms with Gasteiger partial charge >= 0.3 is 0 Å². The molecule has 9 nitrogen and oxygen atoms in total. The number of carbonyl (C=O) groups excluding carboxylic acids is 2. The fourth-order valence-electron chi connectivity index (χ4n) is 3.76. The lowest BCUT2D eigenvalue weighted by atomic mass is 10.2. The summed E-state index contributed by atoms with van der Waals surface area (Å²) in [7, 11) is 0. The number of hydrogen-bond donors (Lipinski definition) is 3. The first-order valence-electron chi connectivity index (χ1n) is 10.6. The number of rotatable bonds is 8. The van der Waals surface area contributed by atoms with Crippen LogP contribution in [-0.4, -0.2) is 51.1 Å². The molecule has 1 aromatic heterocycles. The van der Waals surface area contributed by atoms with E-state index >= 15 is 0 Å². The lowest BCUT2D eigenvalue weighted by Gasteiger charge is -2.23.